The predicted octanol–water partition coefficient (Wildman–Crippen LogP) is 4.86. The van der Waals surface area contributed by atoms with Gasteiger partial charge in [-0.05, 0) is 92.4 Å². The molecule has 9 N–H and O–H groups in total. The lowest BCUT2D eigenvalue weighted by Gasteiger charge is -2.27. The molecule has 2 rings (SSSR count). The lowest BCUT2D eigenvalue weighted by molar-refractivity contribution is -0.130. The number of nitrogens with two attached hydrogens (primary N) is 1. The maximum atomic E-state index is 13.2. The Morgan fingerprint density at radius 1 is 0.738 bits per heavy atom. The minimum Gasteiger partial charge on any atom is -0.444 e. The number of hydrogen-bond acceptors (Lipinski definition) is 16. The van der Waals surface area contributed by atoms with Gasteiger partial charge in [-0.25, -0.2) is 23.3 Å². The Morgan fingerprint density at radius 3 is 1.80 bits per heavy atom. The van der Waals surface area contributed by atoms with Crippen molar-refractivity contribution in [1.29, 1.82) is 0 Å². The van der Waals surface area contributed by atoms with Crippen molar-refractivity contribution < 1.29 is 84.5 Å². The second-order valence-corrected chi connectivity index (χ2v) is 21.9. The van der Waals surface area contributed by atoms with Crippen LogP contribution in [0.15, 0.2) is 0 Å². The average molecular weight is 939 g/mol. The average Bonchev–Trinajstić information content (AvgIpc) is 3.49. The summed E-state index contributed by atoms with van der Waals surface area (Å²) in [5.41, 5.74) is 4.79. The van der Waals surface area contributed by atoms with Gasteiger partial charge in [0.1, 0.15) is 23.1 Å². The summed E-state index contributed by atoms with van der Waals surface area (Å²) in [7, 11) is -16.7. The fourth-order valence-corrected chi connectivity index (χ4v) is 10.1. The van der Waals surface area contributed by atoms with E-state index in [1.165, 1.54) is 0 Å². The molecular formula is C36H69N4O18P3. The number of aliphatic hydroxyl groups is 1. The highest BCUT2D eigenvalue weighted by Gasteiger charge is 2.44. The minimum absolute atomic E-state index is 0.184. The third kappa shape index (κ3) is 24.6. The van der Waals surface area contributed by atoms with Gasteiger partial charge in [0.15, 0.2) is 0 Å². The molecule has 25 heteroatoms. The number of amides is 3. The van der Waals surface area contributed by atoms with Crippen molar-refractivity contribution in [2.75, 3.05) is 32.8 Å². The largest absolute Gasteiger partial charge is 0.490 e. The lowest BCUT2D eigenvalue weighted by Crippen LogP contribution is -2.38. The van der Waals surface area contributed by atoms with E-state index in [4.69, 9.17) is 24.5 Å². The van der Waals surface area contributed by atoms with E-state index in [1.54, 1.807) is 41.5 Å². The highest BCUT2D eigenvalue weighted by molar-refractivity contribution is 7.66. The first-order valence-electron chi connectivity index (χ1n) is 20.7. The number of ketones is 1. The van der Waals surface area contributed by atoms with Crippen LogP contribution in [0.4, 0.5) is 9.59 Å². The zero-order valence-electron chi connectivity index (χ0n) is 36.1. The first-order valence-corrected chi connectivity index (χ1v) is 25.2. The van der Waals surface area contributed by atoms with E-state index in [9.17, 15) is 52.7 Å². The molecule has 356 valence electrons. The standard InChI is InChI=1S/C36H69N4O18P3/c1-35(2,3)55-33(44)39-18-12-10-16-26(22-28(41)27(37)17-11-13-19-40-34(45)56-36(4,5)6)32(43)38-20-21-52-59(46,47)57-61(50,51)58-60(48,49)53-24-31-29(42)23-30(54-31)25-14-8-7-9-15-25/h25-27,29-31,42H,7-24,37H2,1-6H3,(H,38,43)(H,39,44)(H,40,45)(H,46,47)(H,48,49)(H,50,51)/t26?,27?,29?,30-,31-/m1/s1. The number of phosphoric acid groups is 3. The van der Waals surface area contributed by atoms with Crippen LogP contribution in [0.3, 0.4) is 0 Å². The highest BCUT2D eigenvalue weighted by Crippen LogP contribution is 2.67. The summed E-state index contributed by atoms with van der Waals surface area (Å²) in [6.45, 7) is 8.99. The van der Waals surface area contributed by atoms with Crippen LogP contribution in [0.5, 0.6) is 0 Å². The van der Waals surface area contributed by atoms with Crippen molar-refractivity contribution in [3.8, 4) is 0 Å². The molecule has 3 amide bonds. The number of Topliss-reactive ketones (excluding diaryl/α,β-unsaturated/α-hetero) is 1. The SMILES string of the molecule is CC(C)(C)OC(=O)NCCCCC(N)C(=O)CC(CCCCNC(=O)OC(C)(C)C)C(=O)NCCOP(=O)(O)OP(=O)(O)OP(=O)(O)OC[C@H]1O[C@@H](C2CCCCC2)CC1O. The Bertz CT molecular complexity index is 1550. The number of phosphoric ester groups is 2. The van der Waals surface area contributed by atoms with Gasteiger partial charge in [0.25, 0.3) is 0 Å². The molecule has 0 radical (unpaired) electrons. The first-order chi connectivity index (χ1) is 28.2. The quantitative estimate of drug-likeness (QED) is 0.0424. The van der Waals surface area contributed by atoms with E-state index in [1.807, 2.05) is 0 Å². The van der Waals surface area contributed by atoms with Crippen LogP contribution in [0.2, 0.25) is 0 Å². The number of aliphatic hydroxyl groups excluding tert-OH is 1. The van der Waals surface area contributed by atoms with Gasteiger partial charge in [-0.2, -0.15) is 8.62 Å². The second-order valence-electron chi connectivity index (χ2n) is 17.2. The van der Waals surface area contributed by atoms with Crippen LogP contribution in [-0.2, 0) is 55.2 Å². The summed E-state index contributed by atoms with van der Waals surface area (Å²) in [4.78, 5) is 80.1. The molecule has 0 spiro atoms. The van der Waals surface area contributed by atoms with Crippen LogP contribution in [0, 0.1) is 11.8 Å². The third-order valence-corrected chi connectivity index (χ3v) is 13.7. The summed E-state index contributed by atoms with van der Waals surface area (Å²) in [5.74, 6) is -1.75. The van der Waals surface area contributed by atoms with Gasteiger partial charge in [-0.3, -0.25) is 18.6 Å². The van der Waals surface area contributed by atoms with E-state index in [2.05, 4.69) is 29.1 Å². The maximum Gasteiger partial charge on any atom is 0.490 e. The summed E-state index contributed by atoms with van der Waals surface area (Å²) in [5, 5.41) is 18.1. The molecule has 0 aromatic rings. The number of hydrogen-bond donors (Lipinski definition) is 8. The summed E-state index contributed by atoms with van der Waals surface area (Å²) in [6, 6.07) is -0.913. The molecule has 0 bridgehead atoms. The Balaban J connectivity index is 1.86. The molecule has 61 heavy (non-hydrogen) atoms. The molecule has 2 fully saturated rings. The number of carbonyl (C=O) groups is 4. The third-order valence-electron chi connectivity index (χ3n) is 9.39. The molecule has 6 unspecified atom stereocenters. The van der Waals surface area contributed by atoms with Crippen LogP contribution < -0.4 is 21.7 Å². The molecule has 1 heterocycles. The van der Waals surface area contributed by atoms with Crippen LogP contribution in [0.1, 0.15) is 125 Å². The van der Waals surface area contributed by atoms with Gasteiger partial charge in [-0.1, -0.05) is 25.7 Å². The molecule has 8 atom stereocenters. The van der Waals surface area contributed by atoms with Crippen molar-refractivity contribution in [3.05, 3.63) is 0 Å². The normalized spacial score (nSPS) is 22.8. The topological polar surface area (TPSA) is 327 Å². The number of nitrogens with one attached hydrogen (secondary N) is 3. The summed E-state index contributed by atoms with van der Waals surface area (Å²) >= 11 is 0. The van der Waals surface area contributed by atoms with E-state index >= 15 is 0 Å². The van der Waals surface area contributed by atoms with Crippen LogP contribution in [-0.4, -0.2) is 112 Å². The Morgan fingerprint density at radius 2 is 1.26 bits per heavy atom. The molecule has 1 saturated carbocycles. The Hall–Kier alpha value is -2.03. The molecule has 0 aromatic heterocycles. The fourth-order valence-electron chi connectivity index (χ4n) is 6.59. The minimum atomic E-state index is -5.79. The Labute approximate surface area is 358 Å². The summed E-state index contributed by atoms with van der Waals surface area (Å²) < 4.78 is 71.2. The first kappa shape index (κ1) is 55.1. The molecule has 2 aliphatic rings. The van der Waals surface area contributed by atoms with Crippen molar-refractivity contribution in [2.45, 2.75) is 161 Å². The van der Waals surface area contributed by atoms with Gasteiger partial charge in [0.2, 0.25) is 5.91 Å². The monoisotopic (exact) mass is 938 g/mol. The zero-order chi connectivity index (χ0) is 46.1. The number of carbonyl (C=O) groups excluding carboxylic acids is 4. The van der Waals surface area contributed by atoms with Gasteiger partial charge < -0.3 is 55.7 Å². The number of alkyl carbamates (subject to hydrolysis) is 2. The molecule has 0 aromatic carbocycles. The van der Waals surface area contributed by atoms with Crippen LogP contribution in [0.25, 0.3) is 0 Å². The molecule has 1 aliphatic carbocycles. The smallest absolute Gasteiger partial charge is 0.444 e. The number of ether oxygens (including phenoxy) is 3. The molecular weight excluding hydrogens is 869 g/mol. The zero-order valence-corrected chi connectivity index (χ0v) is 38.8. The van der Waals surface area contributed by atoms with Gasteiger partial charge in [-0.15, -0.1) is 0 Å². The number of rotatable bonds is 26. The van der Waals surface area contributed by atoms with Crippen molar-refractivity contribution in [1.82, 2.24) is 16.0 Å². The van der Waals surface area contributed by atoms with Gasteiger partial charge in [0.05, 0.1) is 31.5 Å². The van der Waals surface area contributed by atoms with Gasteiger partial charge in [0, 0.05) is 38.4 Å². The van der Waals surface area contributed by atoms with E-state index in [-0.39, 0.29) is 44.2 Å². The molecule has 1 saturated heterocycles. The van der Waals surface area contributed by atoms with Crippen LogP contribution >= 0.6 is 23.5 Å². The lowest BCUT2D eigenvalue weighted by atomic mass is 9.84. The van der Waals surface area contributed by atoms with Crippen molar-refractivity contribution >= 4 is 47.3 Å². The molecule has 1 aliphatic heterocycles. The van der Waals surface area contributed by atoms with E-state index < -0.39 is 102 Å². The van der Waals surface area contributed by atoms with E-state index in [0.29, 0.717) is 32.2 Å². The maximum absolute atomic E-state index is 13.2. The highest BCUT2D eigenvalue weighted by atomic mass is 31.3. The summed E-state index contributed by atoms with van der Waals surface area (Å²) in [6.07, 6.45) is 3.78. The van der Waals surface area contributed by atoms with Crippen molar-refractivity contribution in [3.63, 3.8) is 0 Å². The Kier molecular flexibility index (Phi) is 23.0. The molecule has 22 nitrogen and oxygen atoms in total. The predicted molar refractivity (Wildman–Crippen MR) is 220 cm³/mol. The second kappa shape index (κ2) is 25.5. The van der Waals surface area contributed by atoms with E-state index in [0.717, 1.165) is 32.1 Å². The number of unbranched alkanes of at least 4 members (excludes halogenated alkanes) is 2. The van der Waals surface area contributed by atoms with Gasteiger partial charge >= 0.3 is 35.7 Å². The van der Waals surface area contributed by atoms with Crippen molar-refractivity contribution in [2.24, 2.45) is 17.6 Å². The fraction of sp³-hybridized carbons (Fsp3) is 0.889.